The number of anilines is 1. The highest BCUT2D eigenvalue weighted by atomic mass is 16.5. The van der Waals surface area contributed by atoms with Gasteiger partial charge in [-0.2, -0.15) is 0 Å². The van der Waals surface area contributed by atoms with Crippen LogP contribution in [-0.4, -0.2) is 52.7 Å². The molecule has 6 nitrogen and oxygen atoms in total. The molecule has 0 bridgehead atoms. The van der Waals surface area contributed by atoms with E-state index in [4.69, 9.17) is 10.5 Å². The Kier molecular flexibility index (Phi) is 3.17. The zero-order chi connectivity index (χ0) is 10.7. The fourth-order valence-corrected chi connectivity index (χ4v) is 1.65. The molecule has 2 heterocycles. The molecule has 6 heteroatoms. The normalized spacial score (nSPS) is 18.2. The summed E-state index contributed by atoms with van der Waals surface area (Å²) in [6.07, 6.45) is 0. The number of morpholine rings is 1. The standard InChI is InChI=1S/C9H17N5O/c1-8-9(10)11-12-14(8)3-2-13-4-6-15-7-5-13/h2-7,10H2,1H3. The summed E-state index contributed by atoms with van der Waals surface area (Å²) in [5.74, 6) is 0.525. The van der Waals surface area contributed by atoms with Crippen molar-refractivity contribution in [1.82, 2.24) is 19.9 Å². The topological polar surface area (TPSA) is 69.2 Å². The Morgan fingerprint density at radius 2 is 2.07 bits per heavy atom. The monoisotopic (exact) mass is 211 g/mol. The number of nitrogens with two attached hydrogens (primary N) is 1. The summed E-state index contributed by atoms with van der Waals surface area (Å²) in [5.41, 5.74) is 6.57. The first-order valence-electron chi connectivity index (χ1n) is 5.23. The molecular weight excluding hydrogens is 194 g/mol. The lowest BCUT2D eigenvalue weighted by Gasteiger charge is -2.26. The Bertz CT molecular complexity index is 318. The average molecular weight is 211 g/mol. The molecule has 84 valence electrons. The Hall–Kier alpha value is -1.14. The number of hydrogen-bond donors (Lipinski definition) is 1. The highest BCUT2D eigenvalue weighted by Gasteiger charge is 2.11. The van der Waals surface area contributed by atoms with Crippen LogP contribution in [0.2, 0.25) is 0 Å². The van der Waals surface area contributed by atoms with Gasteiger partial charge < -0.3 is 10.5 Å². The van der Waals surface area contributed by atoms with E-state index in [-0.39, 0.29) is 0 Å². The molecule has 0 saturated carbocycles. The zero-order valence-electron chi connectivity index (χ0n) is 9.02. The van der Waals surface area contributed by atoms with E-state index in [0.29, 0.717) is 5.82 Å². The molecule has 2 N–H and O–H groups in total. The minimum Gasteiger partial charge on any atom is -0.381 e. The lowest BCUT2D eigenvalue weighted by Crippen LogP contribution is -2.38. The van der Waals surface area contributed by atoms with Crippen LogP contribution in [0.1, 0.15) is 5.69 Å². The van der Waals surface area contributed by atoms with E-state index in [0.717, 1.165) is 45.1 Å². The van der Waals surface area contributed by atoms with E-state index in [1.807, 2.05) is 11.6 Å². The highest BCUT2D eigenvalue weighted by molar-refractivity contribution is 5.31. The van der Waals surface area contributed by atoms with Crippen molar-refractivity contribution in [2.45, 2.75) is 13.5 Å². The van der Waals surface area contributed by atoms with Crippen LogP contribution in [0.5, 0.6) is 0 Å². The molecule has 0 atom stereocenters. The first-order valence-corrected chi connectivity index (χ1v) is 5.23. The summed E-state index contributed by atoms with van der Waals surface area (Å²) in [5, 5.41) is 7.81. The number of rotatable bonds is 3. The van der Waals surface area contributed by atoms with Crippen LogP contribution in [0.25, 0.3) is 0 Å². The smallest absolute Gasteiger partial charge is 0.168 e. The molecule has 1 aliphatic rings. The van der Waals surface area contributed by atoms with Crippen molar-refractivity contribution >= 4 is 5.82 Å². The maximum atomic E-state index is 5.62. The van der Waals surface area contributed by atoms with Gasteiger partial charge in [0, 0.05) is 19.6 Å². The third kappa shape index (κ3) is 2.45. The van der Waals surface area contributed by atoms with Gasteiger partial charge in [-0.3, -0.25) is 4.90 Å². The summed E-state index contributed by atoms with van der Waals surface area (Å²) in [6, 6.07) is 0. The van der Waals surface area contributed by atoms with Gasteiger partial charge in [-0.05, 0) is 6.92 Å². The van der Waals surface area contributed by atoms with Crippen molar-refractivity contribution in [3.8, 4) is 0 Å². The van der Waals surface area contributed by atoms with Gasteiger partial charge in [0.2, 0.25) is 0 Å². The summed E-state index contributed by atoms with van der Waals surface area (Å²) in [6.45, 7) is 7.43. The van der Waals surface area contributed by atoms with E-state index in [2.05, 4.69) is 15.2 Å². The van der Waals surface area contributed by atoms with Crippen LogP contribution in [0.15, 0.2) is 0 Å². The van der Waals surface area contributed by atoms with Crippen LogP contribution < -0.4 is 5.73 Å². The molecule has 1 aliphatic heterocycles. The van der Waals surface area contributed by atoms with Crippen molar-refractivity contribution in [3.05, 3.63) is 5.69 Å². The third-order valence-electron chi connectivity index (χ3n) is 2.75. The van der Waals surface area contributed by atoms with E-state index < -0.39 is 0 Å². The van der Waals surface area contributed by atoms with Crippen molar-refractivity contribution < 1.29 is 4.74 Å². The average Bonchev–Trinajstić information content (AvgIpc) is 2.59. The van der Waals surface area contributed by atoms with Gasteiger partial charge in [0.15, 0.2) is 5.82 Å². The zero-order valence-corrected chi connectivity index (χ0v) is 9.02. The van der Waals surface area contributed by atoms with Gasteiger partial charge in [0.05, 0.1) is 25.5 Å². The number of aromatic nitrogens is 3. The molecule has 0 aliphatic carbocycles. The van der Waals surface area contributed by atoms with Crippen LogP contribution in [0, 0.1) is 6.92 Å². The van der Waals surface area contributed by atoms with Crippen molar-refractivity contribution in [2.75, 3.05) is 38.6 Å². The van der Waals surface area contributed by atoms with Gasteiger partial charge in [0.1, 0.15) is 0 Å². The van der Waals surface area contributed by atoms with Crippen molar-refractivity contribution in [3.63, 3.8) is 0 Å². The maximum Gasteiger partial charge on any atom is 0.168 e. The summed E-state index contributed by atoms with van der Waals surface area (Å²) in [4.78, 5) is 2.36. The Labute approximate surface area is 89.0 Å². The highest BCUT2D eigenvalue weighted by Crippen LogP contribution is 2.05. The predicted octanol–water partition coefficient (Wildman–Crippen LogP) is -0.499. The lowest BCUT2D eigenvalue weighted by atomic mass is 10.4. The largest absolute Gasteiger partial charge is 0.381 e. The molecular formula is C9H17N5O. The Morgan fingerprint density at radius 3 is 2.67 bits per heavy atom. The fourth-order valence-electron chi connectivity index (χ4n) is 1.65. The van der Waals surface area contributed by atoms with Crippen LogP contribution in [-0.2, 0) is 11.3 Å². The molecule has 1 fully saturated rings. The molecule has 0 amide bonds. The van der Waals surface area contributed by atoms with Crippen molar-refractivity contribution in [2.24, 2.45) is 0 Å². The Balaban J connectivity index is 1.84. The molecule has 1 aromatic rings. The maximum absolute atomic E-state index is 5.62. The second-order valence-corrected chi connectivity index (χ2v) is 3.74. The van der Waals surface area contributed by atoms with Gasteiger partial charge >= 0.3 is 0 Å². The fraction of sp³-hybridized carbons (Fsp3) is 0.778. The second kappa shape index (κ2) is 4.59. The van der Waals surface area contributed by atoms with Gasteiger partial charge in [-0.25, -0.2) is 4.68 Å². The van der Waals surface area contributed by atoms with E-state index >= 15 is 0 Å². The van der Waals surface area contributed by atoms with E-state index in [1.165, 1.54) is 0 Å². The molecule has 1 saturated heterocycles. The number of nitrogens with zero attached hydrogens (tertiary/aromatic N) is 4. The van der Waals surface area contributed by atoms with E-state index in [1.54, 1.807) is 0 Å². The second-order valence-electron chi connectivity index (χ2n) is 3.74. The van der Waals surface area contributed by atoms with Gasteiger partial charge in [0.25, 0.3) is 0 Å². The SMILES string of the molecule is Cc1c(N)nnn1CCN1CCOCC1. The first-order chi connectivity index (χ1) is 7.27. The number of hydrogen-bond acceptors (Lipinski definition) is 5. The molecule has 15 heavy (non-hydrogen) atoms. The van der Waals surface area contributed by atoms with Crippen molar-refractivity contribution in [1.29, 1.82) is 0 Å². The first kappa shape index (κ1) is 10.4. The van der Waals surface area contributed by atoms with E-state index in [9.17, 15) is 0 Å². The summed E-state index contributed by atoms with van der Waals surface area (Å²) in [7, 11) is 0. The molecule has 2 rings (SSSR count). The van der Waals surface area contributed by atoms with Crippen LogP contribution in [0.4, 0.5) is 5.82 Å². The molecule has 0 radical (unpaired) electrons. The summed E-state index contributed by atoms with van der Waals surface area (Å²) < 4.78 is 7.14. The van der Waals surface area contributed by atoms with Gasteiger partial charge in [-0.15, -0.1) is 5.10 Å². The molecule has 1 aromatic heterocycles. The molecule has 0 aromatic carbocycles. The molecule has 0 unspecified atom stereocenters. The quantitative estimate of drug-likeness (QED) is 0.730. The number of nitrogen functional groups attached to an aromatic ring is 1. The summed E-state index contributed by atoms with van der Waals surface area (Å²) >= 11 is 0. The lowest BCUT2D eigenvalue weighted by molar-refractivity contribution is 0.0358. The van der Waals surface area contributed by atoms with Crippen LogP contribution >= 0.6 is 0 Å². The third-order valence-corrected chi connectivity index (χ3v) is 2.75. The van der Waals surface area contributed by atoms with Gasteiger partial charge in [-0.1, -0.05) is 5.21 Å². The Morgan fingerprint density at radius 1 is 1.33 bits per heavy atom. The minimum atomic E-state index is 0.525. The minimum absolute atomic E-state index is 0.525. The van der Waals surface area contributed by atoms with Crippen LogP contribution in [0.3, 0.4) is 0 Å². The number of ether oxygens (including phenoxy) is 1. The predicted molar refractivity (Wildman–Crippen MR) is 56.4 cm³/mol. The molecule has 0 spiro atoms.